The maximum atomic E-state index is 5.48. The van der Waals surface area contributed by atoms with E-state index in [9.17, 15) is 0 Å². The molecule has 0 bridgehead atoms. The molecule has 0 saturated heterocycles. The molecule has 1 N–H and O–H groups in total. The van der Waals surface area contributed by atoms with Gasteiger partial charge in [-0.15, -0.1) is 0 Å². The van der Waals surface area contributed by atoms with Crippen molar-refractivity contribution in [2.75, 3.05) is 13.2 Å². The fourth-order valence-corrected chi connectivity index (χ4v) is 1.81. The Morgan fingerprint density at radius 3 is 2.76 bits per heavy atom. The van der Waals surface area contributed by atoms with Crippen LogP contribution in [0.4, 0.5) is 0 Å². The van der Waals surface area contributed by atoms with E-state index in [1.165, 1.54) is 15.6 Å². The third-order valence-electron chi connectivity index (χ3n) is 2.50. The van der Waals surface area contributed by atoms with Crippen LogP contribution in [0.15, 0.2) is 22.7 Å². The summed E-state index contributed by atoms with van der Waals surface area (Å²) in [5, 5.41) is 3.43. The van der Waals surface area contributed by atoms with Gasteiger partial charge in [-0.25, -0.2) is 0 Å². The average Bonchev–Trinajstić information content (AvgIpc) is 2.27. The molecule has 0 radical (unpaired) electrons. The Morgan fingerprint density at radius 2 is 2.12 bits per heavy atom. The Kier molecular flexibility index (Phi) is 6.78. The van der Waals surface area contributed by atoms with Crippen LogP contribution >= 0.6 is 15.9 Å². The Bertz CT molecular complexity index is 339. The van der Waals surface area contributed by atoms with Gasteiger partial charge >= 0.3 is 0 Å². The number of hydrogen-bond acceptors (Lipinski definition) is 2. The topological polar surface area (TPSA) is 21.3 Å². The summed E-state index contributed by atoms with van der Waals surface area (Å²) in [5.74, 6) is 0. The van der Waals surface area contributed by atoms with Crippen LogP contribution in [0.25, 0.3) is 0 Å². The largest absolute Gasteiger partial charge is 0.379 e. The number of nitrogens with one attached hydrogen (secondary N) is 1. The van der Waals surface area contributed by atoms with Gasteiger partial charge in [0.05, 0.1) is 6.10 Å². The van der Waals surface area contributed by atoms with E-state index in [0.29, 0.717) is 6.10 Å². The smallest absolute Gasteiger partial charge is 0.0518 e. The van der Waals surface area contributed by atoms with Gasteiger partial charge in [0.2, 0.25) is 0 Å². The summed E-state index contributed by atoms with van der Waals surface area (Å²) in [4.78, 5) is 0. The molecule has 3 heteroatoms. The van der Waals surface area contributed by atoms with E-state index >= 15 is 0 Å². The number of hydrogen-bond donors (Lipinski definition) is 1. The second-order valence-corrected chi connectivity index (χ2v) is 5.39. The minimum Gasteiger partial charge on any atom is -0.379 e. The third kappa shape index (κ3) is 6.20. The number of benzene rings is 1. The fraction of sp³-hybridized carbons (Fsp3) is 0.571. The van der Waals surface area contributed by atoms with Crippen LogP contribution in [-0.4, -0.2) is 19.3 Å². The molecule has 0 fully saturated rings. The van der Waals surface area contributed by atoms with Gasteiger partial charge in [0.15, 0.2) is 0 Å². The van der Waals surface area contributed by atoms with Crippen molar-refractivity contribution in [1.82, 2.24) is 5.32 Å². The standard InChI is InChI=1S/C14H22BrNO/c1-11(2)17-8-4-7-16-10-13-5-6-14(15)12(3)9-13/h5-6,9,11,16H,4,7-8,10H2,1-3H3. The van der Waals surface area contributed by atoms with Crippen LogP contribution in [0.1, 0.15) is 31.4 Å². The molecule has 0 amide bonds. The molecule has 0 heterocycles. The molecule has 1 aromatic carbocycles. The van der Waals surface area contributed by atoms with E-state index in [1.807, 2.05) is 0 Å². The maximum Gasteiger partial charge on any atom is 0.0518 e. The van der Waals surface area contributed by atoms with Crippen molar-refractivity contribution < 1.29 is 4.74 Å². The second kappa shape index (κ2) is 7.85. The van der Waals surface area contributed by atoms with Crippen LogP contribution in [0.2, 0.25) is 0 Å². The molecule has 2 nitrogen and oxygen atoms in total. The predicted octanol–water partition coefficient (Wildman–Crippen LogP) is 3.66. The van der Waals surface area contributed by atoms with Crippen molar-refractivity contribution >= 4 is 15.9 Å². The van der Waals surface area contributed by atoms with E-state index in [4.69, 9.17) is 4.74 Å². The summed E-state index contributed by atoms with van der Waals surface area (Å²) in [6, 6.07) is 6.46. The Hall–Kier alpha value is -0.380. The molecular weight excluding hydrogens is 278 g/mol. The van der Waals surface area contributed by atoms with Crippen molar-refractivity contribution in [1.29, 1.82) is 0 Å². The Balaban J connectivity index is 2.16. The first-order valence-corrected chi connectivity index (χ1v) is 6.96. The van der Waals surface area contributed by atoms with Gasteiger partial charge in [0.25, 0.3) is 0 Å². The summed E-state index contributed by atoms with van der Waals surface area (Å²) in [5.41, 5.74) is 2.61. The van der Waals surface area contributed by atoms with Crippen LogP contribution in [0.3, 0.4) is 0 Å². The first-order chi connectivity index (χ1) is 8.09. The van der Waals surface area contributed by atoms with E-state index in [1.54, 1.807) is 0 Å². The number of aryl methyl sites for hydroxylation is 1. The molecule has 1 rings (SSSR count). The number of ether oxygens (including phenoxy) is 1. The Morgan fingerprint density at radius 1 is 1.35 bits per heavy atom. The molecule has 0 aliphatic heterocycles. The molecule has 96 valence electrons. The van der Waals surface area contributed by atoms with Crippen molar-refractivity contribution in [3.63, 3.8) is 0 Å². The highest BCUT2D eigenvalue weighted by Gasteiger charge is 1.97. The first kappa shape index (κ1) is 14.7. The molecule has 0 aromatic heterocycles. The lowest BCUT2D eigenvalue weighted by Crippen LogP contribution is -2.17. The first-order valence-electron chi connectivity index (χ1n) is 6.17. The van der Waals surface area contributed by atoms with Gasteiger partial charge in [-0.3, -0.25) is 0 Å². The van der Waals surface area contributed by atoms with Crippen molar-refractivity contribution in [2.24, 2.45) is 0 Å². The molecule has 17 heavy (non-hydrogen) atoms. The SMILES string of the molecule is Cc1cc(CNCCCOC(C)C)ccc1Br. The van der Waals surface area contributed by atoms with Crippen LogP contribution < -0.4 is 5.32 Å². The van der Waals surface area contributed by atoms with Crippen molar-refractivity contribution in [2.45, 2.75) is 39.8 Å². The molecular formula is C14H22BrNO. The lowest BCUT2D eigenvalue weighted by molar-refractivity contribution is 0.0770. The van der Waals surface area contributed by atoms with E-state index < -0.39 is 0 Å². The highest BCUT2D eigenvalue weighted by atomic mass is 79.9. The summed E-state index contributed by atoms with van der Waals surface area (Å²) < 4.78 is 6.66. The maximum absolute atomic E-state index is 5.48. The van der Waals surface area contributed by atoms with E-state index in [-0.39, 0.29) is 0 Å². The van der Waals surface area contributed by atoms with Gasteiger partial charge in [0.1, 0.15) is 0 Å². The molecule has 0 atom stereocenters. The molecule has 0 spiro atoms. The highest BCUT2D eigenvalue weighted by molar-refractivity contribution is 9.10. The van der Waals surface area contributed by atoms with E-state index in [2.05, 4.69) is 60.2 Å². The summed E-state index contributed by atoms with van der Waals surface area (Å²) in [6.45, 7) is 9.02. The molecule has 0 saturated carbocycles. The van der Waals surface area contributed by atoms with Gasteiger partial charge in [0, 0.05) is 17.6 Å². The zero-order valence-electron chi connectivity index (χ0n) is 10.9. The van der Waals surface area contributed by atoms with Crippen molar-refractivity contribution in [3.8, 4) is 0 Å². The van der Waals surface area contributed by atoms with Gasteiger partial charge in [-0.1, -0.05) is 28.1 Å². The lowest BCUT2D eigenvalue weighted by Gasteiger charge is -2.09. The quantitative estimate of drug-likeness (QED) is 0.776. The minimum atomic E-state index is 0.337. The molecule has 0 unspecified atom stereocenters. The molecule has 1 aromatic rings. The zero-order valence-corrected chi connectivity index (χ0v) is 12.5. The lowest BCUT2D eigenvalue weighted by atomic mass is 10.1. The molecule has 0 aliphatic carbocycles. The summed E-state index contributed by atoms with van der Waals surface area (Å²) in [7, 11) is 0. The van der Waals surface area contributed by atoms with Crippen LogP contribution in [-0.2, 0) is 11.3 Å². The van der Waals surface area contributed by atoms with Crippen molar-refractivity contribution in [3.05, 3.63) is 33.8 Å². The number of halogens is 1. The van der Waals surface area contributed by atoms with Crippen LogP contribution in [0.5, 0.6) is 0 Å². The monoisotopic (exact) mass is 299 g/mol. The third-order valence-corrected chi connectivity index (χ3v) is 3.39. The minimum absolute atomic E-state index is 0.337. The highest BCUT2D eigenvalue weighted by Crippen LogP contribution is 2.16. The summed E-state index contributed by atoms with van der Waals surface area (Å²) >= 11 is 3.51. The second-order valence-electron chi connectivity index (χ2n) is 4.53. The number of rotatable bonds is 7. The Labute approximate surface area is 113 Å². The normalized spacial score (nSPS) is 11.1. The van der Waals surface area contributed by atoms with Gasteiger partial charge in [-0.2, -0.15) is 0 Å². The van der Waals surface area contributed by atoms with Gasteiger partial charge in [-0.05, 0) is 50.9 Å². The molecule has 0 aliphatic rings. The van der Waals surface area contributed by atoms with Gasteiger partial charge < -0.3 is 10.1 Å². The summed E-state index contributed by atoms with van der Waals surface area (Å²) in [6.07, 6.45) is 1.40. The van der Waals surface area contributed by atoms with E-state index in [0.717, 1.165) is 26.1 Å². The predicted molar refractivity (Wildman–Crippen MR) is 76.3 cm³/mol. The fourth-order valence-electron chi connectivity index (χ4n) is 1.57. The average molecular weight is 300 g/mol. The zero-order chi connectivity index (χ0) is 12.7. The van der Waals surface area contributed by atoms with Crippen LogP contribution in [0, 0.1) is 6.92 Å².